The molecule has 2 saturated heterocycles. The van der Waals surface area contributed by atoms with Gasteiger partial charge in [0.1, 0.15) is 11.9 Å². The predicted octanol–water partition coefficient (Wildman–Crippen LogP) is 2.16. The number of hydrogen-bond donors (Lipinski definition) is 1. The normalized spacial score (nSPS) is 25.3. The van der Waals surface area contributed by atoms with Crippen LogP contribution < -0.4 is 10.2 Å². The van der Waals surface area contributed by atoms with E-state index in [0.717, 1.165) is 30.2 Å². The molecule has 3 aliphatic heterocycles. The van der Waals surface area contributed by atoms with Gasteiger partial charge in [0.05, 0.1) is 16.8 Å². The van der Waals surface area contributed by atoms with Crippen LogP contribution in [0.2, 0.25) is 0 Å². The molecule has 1 N–H and O–H groups in total. The maximum Gasteiger partial charge on any atom is 0.262 e. The summed E-state index contributed by atoms with van der Waals surface area (Å²) in [7, 11) is 0. The van der Waals surface area contributed by atoms with Crippen molar-refractivity contribution in [3.05, 3.63) is 40.7 Å². The van der Waals surface area contributed by atoms with E-state index in [1.165, 1.54) is 11.6 Å². The van der Waals surface area contributed by atoms with Gasteiger partial charge in [0, 0.05) is 19.5 Å². The highest BCUT2D eigenvalue weighted by Crippen LogP contribution is 2.47. The number of fused-ring (bicyclic) bond motifs is 1. The third-order valence-electron chi connectivity index (χ3n) is 6.79. The Morgan fingerprint density at radius 2 is 1.70 bits per heavy atom. The molecule has 30 heavy (non-hydrogen) atoms. The molecule has 2 fully saturated rings. The lowest BCUT2D eigenvalue weighted by molar-refractivity contribution is -0.136. The summed E-state index contributed by atoms with van der Waals surface area (Å²) >= 11 is 0. The number of nitrogens with zero attached hydrogens (tertiary/aromatic N) is 2. The van der Waals surface area contributed by atoms with Gasteiger partial charge < -0.3 is 4.90 Å². The minimum absolute atomic E-state index is 0.0306. The fraction of sp³-hybridized carbons (Fsp3) is 0.455. The second-order valence-corrected chi connectivity index (χ2v) is 8.81. The molecule has 1 aliphatic carbocycles. The van der Waals surface area contributed by atoms with Gasteiger partial charge in [-0.05, 0) is 50.2 Å². The zero-order valence-electron chi connectivity index (χ0n) is 16.7. The summed E-state index contributed by atoms with van der Waals surface area (Å²) in [6, 6.07) is 1.50. The zero-order valence-corrected chi connectivity index (χ0v) is 16.7. The first-order valence-corrected chi connectivity index (χ1v) is 10.3. The van der Waals surface area contributed by atoms with Crippen LogP contribution in [0.15, 0.2) is 23.8 Å². The van der Waals surface area contributed by atoms with Crippen LogP contribution >= 0.6 is 0 Å². The topological polar surface area (TPSA) is 86.8 Å². The van der Waals surface area contributed by atoms with E-state index in [1.807, 2.05) is 4.90 Å². The molecule has 0 aromatic heterocycles. The van der Waals surface area contributed by atoms with Gasteiger partial charge in [0.2, 0.25) is 11.8 Å². The Balaban J connectivity index is 1.40. The number of carbonyl (C=O) groups is 4. The van der Waals surface area contributed by atoms with E-state index >= 15 is 0 Å². The minimum atomic E-state index is -1.05. The van der Waals surface area contributed by atoms with Crippen LogP contribution in [0.4, 0.5) is 10.1 Å². The molecule has 3 heterocycles. The first-order chi connectivity index (χ1) is 14.3. The van der Waals surface area contributed by atoms with Crippen LogP contribution in [0.3, 0.4) is 0 Å². The largest absolute Gasteiger partial charge is 0.369 e. The Kier molecular flexibility index (Phi) is 4.10. The van der Waals surface area contributed by atoms with Crippen LogP contribution in [0.1, 0.15) is 59.7 Å². The number of benzene rings is 1. The number of piperidine rings is 2. The molecule has 156 valence electrons. The highest BCUT2D eigenvalue weighted by molar-refractivity contribution is 6.23. The van der Waals surface area contributed by atoms with Gasteiger partial charge >= 0.3 is 0 Å². The molecular formula is C22H22FN3O4. The Morgan fingerprint density at radius 1 is 1.07 bits per heavy atom. The molecule has 7 nitrogen and oxygen atoms in total. The van der Waals surface area contributed by atoms with Crippen molar-refractivity contribution in [2.75, 3.05) is 18.0 Å². The molecule has 0 bridgehead atoms. The monoisotopic (exact) mass is 411 g/mol. The molecule has 1 atom stereocenters. The van der Waals surface area contributed by atoms with Crippen LogP contribution in [0.5, 0.6) is 0 Å². The van der Waals surface area contributed by atoms with Gasteiger partial charge in [-0.2, -0.15) is 0 Å². The van der Waals surface area contributed by atoms with E-state index < -0.39 is 35.5 Å². The summed E-state index contributed by atoms with van der Waals surface area (Å²) < 4.78 is 14.9. The van der Waals surface area contributed by atoms with Gasteiger partial charge in [-0.1, -0.05) is 11.6 Å². The standard InChI is InChI=1S/C22H22FN3O4/c1-12-10-22(11-12)4-6-25(7-5-22)17-9-14-13(8-15(17)23)20(29)26(21(14)30)16-2-3-18(27)24-19(16)28/h8-10,16H,2-7,11H2,1H3,(H,24,27,28). The lowest BCUT2D eigenvalue weighted by Gasteiger charge is -2.46. The minimum Gasteiger partial charge on any atom is -0.369 e. The predicted molar refractivity (Wildman–Crippen MR) is 105 cm³/mol. The maximum absolute atomic E-state index is 14.9. The van der Waals surface area contributed by atoms with Gasteiger partial charge in [-0.25, -0.2) is 4.39 Å². The number of nitrogens with one attached hydrogen (secondary N) is 1. The van der Waals surface area contributed by atoms with Crippen molar-refractivity contribution in [2.24, 2.45) is 5.41 Å². The Bertz CT molecular complexity index is 1040. The van der Waals surface area contributed by atoms with E-state index in [4.69, 9.17) is 0 Å². The lowest BCUT2D eigenvalue weighted by atomic mass is 9.65. The molecule has 1 aromatic carbocycles. The average molecular weight is 411 g/mol. The molecule has 5 rings (SSSR count). The quantitative estimate of drug-likeness (QED) is 0.595. The third-order valence-corrected chi connectivity index (χ3v) is 6.79. The van der Waals surface area contributed by atoms with Crippen molar-refractivity contribution >= 4 is 29.3 Å². The Morgan fingerprint density at radius 3 is 2.30 bits per heavy atom. The van der Waals surface area contributed by atoms with Crippen molar-refractivity contribution in [1.29, 1.82) is 0 Å². The summed E-state index contributed by atoms with van der Waals surface area (Å²) in [6.45, 7) is 3.48. The highest BCUT2D eigenvalue weighted by atomic mass is 19.1. The van der Waals surface area contributed by atoms with Crippen molar-refractivity contribution < 1.29 is 23.6 Å². The van der Waals surface area contributed by atoms with Gasteiger partial charge in [-0.3, -0.25) is 29.4 Å². The van der Waals surface area contributed by atoms with Crippen LogP contribution in [-0.4, -0.2) is 47.7 Å². The summed E-state index contributed by atoms with van der Waals surface area (Å²) in [5, 5.41) is 2.16. The number of hydrogen-bond acceptors (Lipinski definition) is 5. The van der Waals surface area contributed by atoms with Crippen molar-refractivity contribution in [3.63, 3.8) is 0 Å². The number of allylic oxidation sites excluding steroid dienone is 2. The van der Waals surface area contributed by atoms with Gasteiger partial charge in [0.15, 0.2) is 0 Å². The first-order valence-electron chi connectivity index (χ1n) is 10.3. The number of carbonyl (C=O) groups excluding carboxylic acids is 4. The number of anilines is 1. The summed E-state index contributed by atoms with van der Waals surface area (Å²) in [6.07, 6.45) is 5.37. The molecular weight excluding hydrogens is 389 g/mol. The summed E-state index contributed by atoms with van der Waals surface area (Å²) in [4.78, 5) is 52.1. The lowest BCUT2D eigenvalue weighted by Crippen LogP contribution is -2.54. The number of amides is 4. The van der Waals surface area contributed by atoms with Crippen molar-refractivity contribution in [3.8, 4) is 0 Å². The zero-order chi connectivity index (χ0) is 21.2. The SMILES string of the molecule is CC1=CC2(CCN(c3cc4c(cc3F)C(=O)N(C3CCC(=O)NC3=O)C4=O)CC2)C1. The maximum atomic E-state index is 14.9. The highest BCUT2D eigenvalue weighted by Gasteiger charge is 2.45. The van der Waals surface area contributed by atoms with Gasteiger partial charge in [0.25, 0.3) is 11.8 Å². The second-order valence-electron chi connectivity index (χ2n) is 8.81. The fourth-order valence-corrected chi connectivity index (χ4v) is 5.28. The first kappa shape index (κ1) is 19.0. The Hall–Kier alpha value is -3.03. The van der Waals surface area contributed by atoms with Crippen LogP contribution in [0.25, 0.3) is 0 Å². The Labute approximate surface area is 172 Å². The van der Waals surface area contributed by atoms with Gasteiger partial charge in [-0.15, -0.1) is 0 Å². The fourth-order valence-electron chi connectivity index (χ4n) is 5.28. The molecule has 4 aliphatic rings. The molecule has 4 amide bonds. The smallest absolute Gasteiger partial charge is 0.262 e. The molecule has 1 spiro atoms. The number of rotatable bonds is 2. The van der Waals surface area contributed by atoms with E-state index in [0.29, 0.717) is 18.8 Å². The molecule has 1 aromatic rings. The molecule has 0 radical (unpaired) electrons. The van der Waals surface area contributed by atoms with E-state index in [-0.39, 0.29) is 29.4 Å². The number of imide groups is 2. The summed E-state index contributed by atoms with van der Waals surface area (Å²) in [5.74, 6) is -2.96. The van der Waals surface area contributed by atoms with Crippen LogP contribution in [-0.2, 0) is 9.59 Å². The third kappa shape index (κ3) is 2.77. The van der Waals surface area contributed by atoms with E-state index in [2.05, 4.69) is 18.3 Å². The molecule has 8 heteroatoms. The molecule has 0 saturated carbocycles. The second kappa shape index (κ2) is 6.48. The van der Waals surface area contributed by atoms with Crippen LogP contribution in [0, 0.1) is 11.2 Å². The number of halogens is 1. The van der Waals surface area contributed by atoms with E-state index in [1.54, 1.807) is 0 Å². The molecule has 1 unspecified atom stereocenters. The summed E-state index contributed by atoms with van der Waals surface area (Å²) in [5.41, 5.74) is 2.01. The average Bonchev–Trinajstić information content (AvgIpc) is 2.91. The van der Waals surface area contributed by atoms with Crippen molar-refractivity contribution in [2.45, 2.75) is 45.1 Å². The van der Waals surface area contributed by atoms with Crippen molar-refractivity contribution in [1.82, 2.24) is 10.2 Å². The van der Waals surface area contributed by atoms with E-state index in [9.17, 15) is 23.6 Å².